The summed E-state index contributed by atoms with van der Waals surface area (Å²) in [4.78, 5) is 0. The van der Waals surface area contributed by atoms with Gasteiger partial charge in [-0.2, -0.15) is 0 Å². The monoisotopic (exact) mass is 292 g/mol. The van der Waals surface area contributed by atoms with Gasteiger partial charge in [0.25, 0.3) is 0 Å². The molecule has 0 heterocycles. The van der Waals surface area contributed by atoms with Crippen LogP contribution in [0.4, 0.5) is 5.69 Å². The molecule has 0 amide bonds. The Balaban J connectivity index is 1.55. The van der Waals surface area contributed by atoms with Crippen LogP contribution < -0.4 is 10.5 Å². The number of fused-ring (bicyclic) bond motifs is 2. The van der Waals surface area contributed by atoms with Gasteiger partial charge in [-0.25, -0.2) is 13.6 Å². The van der Waals surface area contributed by atoms with E-state index in [4.69, 9.17) is 5.14 Å². The number of sulfonamides is 1. The molecule has 3 unspecified atom stereocenters. The fourth-order valence-corrected chi connectivity index (χ4v) is 3.99. The quantitative estimate of drug-likeness (QED) is 0.816. The molecule has 0 spiro atoms. The zero-order chi connectivity index (χ0) is 14.2. The van der Waals surface area contributed by atoms with Gasteiger partial charge in [-0.15, -0.1) is 0 Å². The van der Waals surface area contributed by atoms with Crippen molar-refractivity contribution in [3.63, 3.8) is 0 Å². The maximum Gasteiger partial charge on any atom is 0.213 e. The third-order valence-electron chi connectivity index (χ3n) is 4.31. The molecule has 3 N–H and O–H groups in total. The van der Waals surface area contributed by atoms with Crippen LogP contribution in [0.15, 0.2) is 36.4 Å². The first-order valence-electron chi connectivity index (χ1n) is 7.01. The van der Waals surface area contributed by atoms with Gasteiger partial charge in [0, 0.05) is 12.2 Å². The Hall–Kier alpha value is -1.33. The molecule has 108 valence electrons. The summed E-state index contributed by atoms with van der Waals surface area (Å²) in [5.74, 6) is 2.16. The highest BCUT2D eigenvalue weighted by Gasteiger charge is 2.35. The number of nitrogens with two attached hydrogens (primary N) is 1. The topological polar surface area (TPSA) is 72.2 Å². The second-order valence-electron chi connectivity index (χ2n) is 5.93. The highest BCUT2D eigenvalue weighted by molar-refractivity contribution is 7.88. The van der Waals surface area contributed by atoms with E-state index in [0.29, 0.717) is 0 Å². The number of benzene rings is 1. The Morgan fingerprint density at radius 3 is 2.45 bits per heavy atom. The number of hydrogen-bond donors (Lipinski definition) is 2. The molecule has 1 aromatic carbocycles. The highest BCUT2D eigenvalue weighted by Crippen LogP contribution is 2.43. The van der Waals surface area contributed by atoms with Crippen LogP contribution >= 0.6 is 0 Å². The van der Waals surface area contributed by atoms with Crippen molar-refractivity contribution in [2.45, 2.75) is 18.6 Å². The van der Waals surface area contributed by atoms with Crippen molar-refractivity contribution in [2.24, 2.45) is 22.9 Å². The smallest absolute Gasteiger partial charge is 0.213 e. The summed E-state index contributed by atoms with van der Waals surface area (Å²) in [6.07, 6.45) is 7.32. The summed E-state index contributed by atoms with van der Waals surface area (Å²) < 4.78 is 22.0. The van der Waals surface area contributed by atoms with Crippen molar-refractivity contribution in [1.82, 2.24) is 0 Å². The molecule has 2 aliphatic rings. The predicted molar refractivity (Wildman–Crippen MR) is 80.6 cm³/mol. The molecule has 2 bridgehead atoms. The highest BCUT2D eigenvalue weighted by atomic mass is 32.2. The summed E-state index contributed by atoms with van der Waals surface area (Å²) in [6.45, 7) is 0.986. The number of anilines is 1. The normalized spacial score (nSPS) is 27.9. The first kappa shape index (κ1) is 13.6. The van der Waals surface area contributed by atoms with Crippen LogP contribution in [-0.4, -0.2) is 15.0 Å². The summed E-state index contributed by atoms with van der Waals surface area (Å²) in [5, 5.41) is 8.48. The van der Waals surface area contributed by atoms with Gasteiger partial charge in [-0.1, -0.05) is 24.3 Å². The first-order valence-corrected chi connectivity index (χ1v) is 8.73. The maximum absolute atomic E-state index is 11.0. The van der Waals surface area contributed by atoms with Gasteiger partial charge in [0.05, 0.1) is 5.75 Å². The summed E-state index contributed by atoms with van der Waals surface area (Å²) in [7, 11) is -3.45. The minimum Gasteiger partial charge on any atom is -0.385 e. The van der Waals surface area contributed by atoms with Gasteiger partial charge in [0.2, 0.25) is 10.0 Å². The lowest BCUT2D eigenvalue weighted by molar-refractivity contribution is 0.472. The molecule has 0 aliphatic heterocycles. The van der Waals surface area contributed by atoms with E-state index >= 15 is 0 Å². The molecule has 1 aromatic rings. The Kier molecular flexibility index (Phi) is 3.56. The molecule has 3 atom stereocenters. The summed E-state index contributed by atoms with van der Waals surface area (Å²) in [6, 6.07) is 7.47. The van der Waals surface area contributed by atoms with Crippen molar-refractivity contribution in [3.8, 4) is 0 Å². The summed E-state index contributed by atoms with van der Waals surface area (Å²) >= 11 is 0. The van der Waals surface area contributed by atoms with E-state index in [1.807, 2.05) is 24.3 Å². The van der Waals surface area contributed by atoms with Crippen molar-refractivity contribution in [2.75, 3.05) is 11.9 Å². The largest absolute Gasteiger partial charge is 0.385 e. The second-order valence-corrected chi connectivity index (χ2v) is 7.54. The minimum atomic E-state index is -3.45. The van der Waals surface area contributed by atoms with Gasteiger partial charge >= 0.3 is 0 Å². The third-order valence-corrected chi connectivity index (χ3v) is 5.04. The maximum atomic E-state index is 11.0. The van der Waals surface area contributed by atoms with Gasteiger partial charge in [0.1, 0.15) is 0 Å². The van der Waals surface area contributed by atoms with Crippen LogP contribution in [-0.2, 0) is 15.8 Å². The average molecular weight is 292 g/mol. The lowest BCUT2D eigenvalue weighted by Crippen LogP contribution is -2.18. The van der Waals surface area contributed by atoms with E-state index in [0.717, 1.165) is 35.5 Å². The van der Waals surface area contributed by atoms with Crippen LogP contribution in [0.3, 0.4) is 0 Å². The van der Waals surface area contributed by atoms with Gasteiger partial charge < -0.3 is 5.32 Å². The number of rotatable bonds is 5. The molecule has 0 radical (unpaired) electrons. The SMILES string of the molecule is NS(=O)(=O)Cc1ccc(NCC2CC3C=CC2C3)cc1. The fourth-order valence-electron chi connectivity index (χ4n) is 3.33. The molecule has 1 saturated carbocycles. The zero-order valence-corrected chi connectivity index (χ0v) is 12.1. The molecular formula is C15H20N2O2S. The Morgan fingerprint density at radius 2 is 1.90 bits per heavy atom. The summed E-state index contributed by atoms with van der Waals surface area (Å²) in [5.41, 5.74) is 1.76. The molecule has 0 aromatic heterocycles. The first-order chi connectivity index (χ1) is 9.49. The Morgan fingerprint density at radius 1 is 1.15 bits per heavy atom. The minimum absolute atomic E-state index is 0.107. The van der Waals surface area contributed by atoms with E-state index in [1.54, 1.807) is 0 Å². The third kappa shape index (κ3) is 3.22. The number of nitrogens with one attached hydrogen (secondary N) is 1. The second kappa shape index (κ2) is 5.22. The van der Waals surface area contributed by atoms with Gasteiger partial charge in [-0.05, 0) is 48.3 Å². The predicted octanol–water partition coefficient (Wildman–Crippen LogP) is 2.10. The Labute approximate surface area is 120 Å². The molecule has 5 heteroatoms. The lowest BCUT2D eigenvalue weighted by Gasteiger charge is -2.19. The van der Waals surface area contributed by atoms with E-state index in [-0.39, 0.29) is 5.75 Å². The average Bonchev–Trinajstić information content (AvgIpc) is 2.98. The van der Waals surface area contributed by atoms with Crippen molar-refractivity contribution in [3.05, 3.63) is 42.0 Å². The van der Waals surface area contributed by atoms with Crippen LogP contribution in [0.2, 0.25) is 0 Å². The molecular weight excluding hydrogens is 272 g/mol. The number of primary sulfonamides is 1. The van der Waals surface area contributed by atoms with Crippen LogP contribution in [0, 0.1) is 17.8 Å². The van der Waals surface area contributed by atoms with Crippen LogP contribution in [0.25, 0.3) is 0 Å². The standard InChI is InChI=1S/C15H20N2O2S/c16-20(18,19)10-11-2-5-15(6-3-11)17-9-14-8-12-1-4-13(14)7-12/h1-6,12-14,17H,7-10H2,(H2,16,18,19). The van der Waals surface area contributed by atoms with E-state index in [1.165, 1.54) is 12.8 Å². The Bertz CT molecular complexity index is 607. The van der Waals surface area contributed by atoms with Crippen LogP contribution in [0.1, 0.15) is 18.4 Å². The van der Waals surface area contributed by atoms with E-state index in [9.17, 15) is 8.42 Å². The zero-order valence-electron chi connectivity index (χ0n) is 11.3. The molecule has 0 saturated heterocycles. The van der Waals surface area contributed by atoms with E-state index in [2.05, 4.69) is 17.5 Å². The fraction of sp³-hybridized carbons (Fsp3) is 0.467. The van der Waals surface area contributed by atoms with Crippen molar-refractivity contribution < 1.29 is 8.42 Å². The van der Waals surface area contributed by atoms with Crippen molar-refractivity contribution >= 4 is 15.7 Å². The number of allylic oxidation sites excluding steroid dienone is 2. The number of hydrogen-bond acceptors (Lipinski definition) is 3. The van der Waals surface area contributed by atoms with Crippen LogP contribution in [0.5, 0.6) is 0 Å². The van der Waals surface area contributed by atoms with E-state index < -0.39 is 10.0 Å². The molecule has 4 nitrogen and oxygen atoms in total. The lowest BCUT2D eigenvalue weighted by atomic mass is 9.93. The molecule has 20 heavy (non-hydrogen) atoms. The van der Waals surface area contributed by atoms with Gasteiger partial charge in [0.15, 0.2) is 0 Å². The van der Waals surface area contributed by atoms with Crippen molar-refractivity contribution in [1.29, 1.82) is 0 Å². The molecule has 1 fully saturated rings. The van der Waals surface area contributed by atoms with Gasteiger partial charge in [-0.3, -0.25) is 0 Å². The molecule has 3 rings (SSSR count). The molecule has 2 aliphatic carbocycles.